The average Bonchev–Trinajstić information content (AvgIpc) is 2.83. The van der Waals surface area contributed by atoms with Crippen LogP contribution in [-0.2, 0) is 0 Å². The molecule has 1 N–H and O–H groups in total. The van der Waals surface area contributed by atoms with Gasteiger partial charge in [-0.3, -0.25) is 4.79 Å². The van der Waals surface area contributed by atoms with Gasteiger partial charge in [0.05, 0.1) is 11.3 Å². The Kier molecular flexibility index (Phi) is 2.57. The second-order valence-corrected chi connectivity index (χ2v) is 4.24. The van der Waals surface area contributed by atoms with Gasteiger partial charge in [-0.15, -0.1) is 11.3 Å². The first-order valence-electron chi connectivity index (χ1n) is 4.47. The summed E-state index contributed by atoms with van der Waals surface area (Å²) in [4.78, 5) is 21.6. The van der Waals surface area contributed by atoms with Crippen molar-refractivity contribution in [1.82, 2.24) is 9.78 Å². The number of carboxylic acids is 1. The largest absolute Gasteiger partial charge is 0.477 e. The molecule has 0 unspecified atom stereocenters. The van der Waals surface area contributed by atoms with Gasteiger partial charge in [0, 0.05) is 6.20 Å². The van der Waals surface area contributed by atoms with Gasteiger partial charge in [-0.25, -0.2) is 9.48 Å². The van der Waals surface area contributed by atoms with Crippen LogP contribution in [0.3, 0.4) is 0 Å². The number of aryl methyl sites for hydroxylation is 1. The van der Waals surface area contributed by atoms with E-state index in [-0.39, 0.29) is 4.88 Å². The average molecular weight is 236 g/mol. The van der Waals surface area contributed by atoms with E-state index < -0.39 is 5.97 Å². The van der Waals surface area contributed by atoms with Crippen LogP contribution in [0.1, 0.15) is 25.7 Å². The smallest absolute Gasteiger partial charge is 0.345 e. The van der Waals surface area contributed by atoms with Crippen molar-refractivity contribution in [2.75, 3.05) is 0 Å². The molecule has 2 heterocycles. The van der Waals surface area contributed by atoms with Crippen molar-refractivity contribution in [1.29, 1.82) is 0 Å². The van der Waals surface area contributed by atoms with Crippen LogP contribution in [0.2, 0.25) is 0 Å². The molecule has 6 heteroatoms. The van der Waals surface area contributed by atoms with E-state index in [2.05, 4.69) is 5.10 Å². The van der Waals surface area contributed by atoms with Gasteiger partial charge in [0.15, 0.2) is 6.29 Å². The van der Waals surface area contributed by atoms with Crippen LogP contribution in [0.25, 0.3) is 5.00 Å². The lowest BCUT2D eigenvalue weighted by molar-refractivity contribution is 0.0702. The molecular weight excluding hydrogens is 228 g/mol. The number of thiophene rings is 1. The number of aldehydes is 1. The van der Waals surface area contributed by atoms with E-state index >= 15 is 0 Å². The Balaban J connectivity index is 2.42. The fourth-order valence-electron chi connectivity index (χ4n) is 1.27. The standard InChI is InChI=1S/C10H8N2O3S/c1-6-7(5-13)4-12(11-6)9-3-2-8(16-9)10(14)15/h2-5H,1H3,(H,14,15). The SMILES string of the molecule is Cc1nn(-c2ccc(C(=O)O)s2)cc1C=O. The summed E-state index contributed by atoms with van der Waals surface area (Å²) in [6.45, 7) is 1.73. The van der Waals surface area contributed by atoms with E-state index in [0.717, 1.165) is 17.6 Å². The summed E-state index contributed by atoms with van der Waals surface area (Å²) in [6.07, 6.45) is 2.31. The first-order chi connectivity index (χ1) is 7.61. The molecule has 2 rings (SSSR count). The second kappa shape index (κ2) is 3.90. The van der Waals surface area contributed by atoms with Crippen molar-refractivity contribution in [3.63, 3.8) is 0 Å². The normalized spacial score (nSPS) is 10.3. The molecule has 0 aliphatic rings. The number of carboxylic acid groups (broad SMARTS) is 1. The summed E-state index contributed by atoms with van der Waals surface area (Å²) in [5.74, 6) is -0.962. The third kappa shape index (κ3) is 1.74. The van der Waals surface area contributed by atoms with Crippen LogP contribution in [0.4, 0.5) is 0 Å². The zero-order valence-corrected chi connectivity index (χ0v) is 9.19. The molecule has 0 radical (unpaired) electrons. The fraction of sp³-hybridized carbons (Fsp3) is 0.100. The number of aromatic carboxylic acids is 1. The van der Waals surface area contributed by atoms with E-state index in [1.807, 2.05) is 0 Å². The zero-order chi connectivity index (χ0) is 11.7. The first kappa shape index (κ1) is 10.6. The molecule has 0 saturated carbocycles. The molecular formula is C10H8N2O3S. The summed E-state index contributed by atoms with van der Waals surface area (Å²) >= 11 is 1.11. The van der Waals surface area contributed by atoms with Crippen molar-refractivity contribution in [3.8, 4) is 5.00 Å². The van der Waals surface area contributed by atoms with E-state index in [0.29, 0.717) is 16.3 Å². The maximum atomic E-state index is 10.7. The van der Waals surface area contributed by atoms with Gasteiger partial charge in [-0.2, -0.15) is 5.10 Å². The lowest BCUT2D eigenvalue weighted by Crippen LogP contribution is -1.91. The second-order valence-electron chi connectivity index (χ2n) is 3.18. The Morgan fingerprint density at radius 1 is 1.56 bits per heavy atom. The van der Waals surface area contributed by atoms with Gasteiger partial charge in [0.2, 0.25) is 0 Å². The van der Waals surface area contributed by atoms with Crippen molar-refractivity contribution in [2.45, 2.75) is 6.92 Å². The minimum atomic E-state index is -0.962. The highest BCUT2D eigenvalue weighted by Crippen LogP contribution is 2.21. The molecule has 5 nitrogen and oxygen atoms in total. The Labute approximate surface area is 94.9 Å². The van der Waals surface area contributed by atoms with E-state index in [9.17, 15) is 9.59 Å². The molecule has 0 aliphatic heterocycles. The quantitative estimate of drug-likeness (QED) is 0.824. The summed E-state index contributed by atoms with van der Waals surface area (Å²) in [7, 11) is 0. The van der Waals surface area contributed by atoms with E-state index in [1.165, 1.54) is 10.7 Å². The van der Waals surface area contributed by atoms with Gasteiger partial charge in [0.25, 0.3) is 0 Å². The number of aromatic nitrogens is 2. The van der Waals surface area contributed by atoms with Crippen LogP contribution < -0.4 is 0 Å². The molecule has 0 amide bonds. The molecule has 0 aromatic carbocycles. The van der Waals surface area contributed by atoms with Gasteiger partial charge >= 0.3 is 5.97 Å². The van der Waals surface area contributed by atoms with Crippen molar-refractivity contribution in [3.05, 3.63) is 34.5 Å². The van der Waals surface area contributed by atoms with Crippen LogP contribution in [0, 0.1) is 6.92 Å². The van der Waals surface area contributed by atoms with Gasteiger partial charge in [0.1, 0.15) is 9.88 Å². The lowest BCUT2D eigenvalue weighted by Gasteiger charge is -1.93. The zero-order valence-electron chi connectivity index (χ0n) is 8.38. The van der Waals surface area contributed by atoms with Gasteiger partial charge in [-0.1, -0.05) is 0 Å². The van der Waals surface area contributed by atoms with E-state index in [4.69, 9.17) is 5.11 Å². The predicted molar refractivity (Wildman–Crippen MR) is 58.5 cm³/mol. The Morgan fingerprint density at radius 3 is 2.81 bits per heavy atom. The lowest BCUT2D eigenvalue weighted by atomic mass is 10.3. The molecule has 16 heavy (non-hydrogen) atoms. The predicted octanol–water partition coefficient (Wildman–Crippen LogP) is 1.75. The van der Waals surface area contributed by atoms with Crippen molar-refractivity contribution in [2.24, 2.45) is 0 Å². The maximum Gasteiger partial charge on any atom is 0.345 e. The maximum absolute atomic E-state index is 10.7. The minimum Gasteiger partial charge on any atom is -0.477 e. The molecule has 82 valence electrons. The molecule has 0 saturated heterocycles. The molecule has 0 aliphatic carbocycles. The molecule has 0 bridgehead atoms. The summed E-state index contributed by atoms with van der Waals surface area (Å²) in [5.41, 5.74) is 1.13. The third-order valence-corrected chi connectivity index (χ3v) is 3.16. The van der Waals surface area contributed by atoms with E-state index in [1.54, 1.807) is 19.2 Å². The van der Waals surface area contributed by atoms with Gasteiger partial charge in [-0.05, 0) is 19.1 Å². The number of rotatable bonds is 3. The first-order valence-corrected chi connectivity index (χ1v) is 5.28. The molecule has 2 aromatic rings. The molecule has 0 spiro atoms. The Morgan fingerprint density at radius 2 is 2.31 bits per heavy atom. The number of hydrogen-bond acceptors (Lipinski definition) is 4. The highest BCUT2D eigenvalue weighted by molar-refractivity contribution is 7.16. The summed E-state index contributed by atoms with van der Waals surface area (Å²) < 4.78 is 1.51. The third-order valence-electron chi connectivity index (χ3n) is 2.09. The number of carbonyl (C=O) groups excluding carboxylic acids is 1. The monoisotopic (exact) mass is 236 g/mol. The van der Waals surface area contributed by atoms with Crippen LogP contribution >= 0.6 is 11.3 Å². The Bertz CT molecular complexity index is 556. The molecule has 0 fully saturated rings. The fourth-order valence-corrected chi connectivity index (χ4v) is 2.04. The topological polar surface area (TPSA) is 72.2 Å². The highest BCUT2D eigenvalue weighted by Gasteiger charge is 2.10. The summed E-state index contributed by atoms with van der Waals surface area (Å²) in [6, 6.07) is 3.18. The minimum absolute atomic E-state index is 0.246. The number of hydrogen-bond donors (Lipinski definition) is 1. The van der Waals surface area contributed by atoms with Crippen LogP contribution in [0.15, 0.2) is 18.3 Å². The van der Waals surface area contributed by atoms with Crippen LogP contribution in [0.5, 0.6) is 0 Å². The van der Waals surface area contributed by atoms with Crippen molar-refractivity contribution < 1.29 is 14.7 Å². The highest BCUT2D eigenvalue weighted by atomic mass is 32.1. The summed E-state index contributed by atoms with van der Waals surface area (Å²) in [5, 5.41) is 13.6. The van der Waals surface area contributed by atoms with Crippen LogP contribution in [-0.4, -0.2) is 27.1 Å². The molecule has 2 aromatic heterocycles. The molecule has 0 atom stereocenters. The number of nitrogens with zero attached hydrogens (tertiary/aromatic N) is 2. The van der Waals surface area contributed by atoms with Gasteiger partial charge < -0.3 is 5.11 Å². The van der Waals surface area contributed by atoms with Crippen molar-refractivity contribution >= 4 is 23.6 Å². The Hall–Kier alpha value is -1.95. The number of carbonyl (C=O) groups is 2.